The molecule has 172 valence electrons. The molecule has 0 unspecified atom stereocenters. The zero-order valence-corrected chi connectivity index (χ0v) is 18.8. The molecule has 0 bridgehead atoms. The molecule has 1 N–H and O–H groups in total. The normalized spacial score (nSPS) is 16.7. The summed E-state index contributed by atoms with van der Waals surface area (Å²) in [7, 11) is 1.39. The third-order valence-electron chi connectivity index (χ3n) is 5.91. The van der Waals surface area contributed by atoms with Crippen molar-refractivity contribution >= 4 is 11.8 Å². The van der Waals surface area contributed by atoms with Gasteiger partial charge in [0.2, 0.25) is 0 Å². The molecule has 1 fully saturated rings. The first-order valence-electron chi connectivity index (χ1n) is 11.1. The lowest BCUT2D eigenvalue weighted by atomic mass is 9.96. The van der Waals surface area contributed by atoms with E-state index in [1.54, 1.807) is 6.92 Å². The molecule has 32 heavy (non-hydrogen) atoms. The van der Waals surface area contributed by atoms with Gasteiger partial charge in [-0.25, -0.2) is 4.98 Å². The average Bonchev–Trinajstić information content (AvgIpc) is 3.32. The lowest BCUT2D eigenvalue weighted by Crippen LogP contribution is -2.40. The van der Waals surface area contributed by atoms with Crippen LogP contribution in [0.1, 0.15) is 56.4 Å². The van der Waals surface area contributed by atoms with Crippen LogP contribution in [0.25, 0.3) is 0 Å². The number of ketones is 1. The number of carbonyl (C=O) groups excluding carboxylic acids is 2. The summed E-state index contributed by atoms with van der Waals surface area (Å²) in [6.07, 6.45) is 4.70. The first-order chi connectivity index (χ1) is 15.4. The van der Waals surface area contributed by atoms with E-state index in [1.807, 2.05) is 37.3 Å². The van der Waals surface area contributed by atoms with E-state index in [2.05, 4.69) is 4.98 Å². The number of para-hydroxylation sites is 1. The smallest absolute Gasteiger partial charge is 0.309 e. The maximum Gasteiger partial charge on any atom is 0.309 e. The summed E-state index contributed by atoms with van der Waals surface area (Å²) < 4.78 is 17.0. The van der Waals surface area contributed by atoms with Crippen molar-refractivity contribution in [2.75, 3.05) is 7.11 Å². The van der Waals surface area contributed by atoms with Crippen LogP contribution >= 0.6 is 0 Å². The second kappa shape index (κ2) is 11.0. The number of hydrogen-bond acceptors (Lipinski definition) is 7. The van der Waals surface area contributed by atoms with Crippen LogP contribution in [0, 0.1) is 11.8 Å². The molecule has 1 aliphatic carbocycles. The Hall–Kier alpha value is -3.09. The van der Waals surface area contributed by atoms with Crippen molar-refractivity contribution in [1.82, 2.24) is 4.98 Å². The monoisotopic (exact) mass is 441 g/mol. The van der Waals surface area contributed by atoms with Crippen molar-refractivity contribution in [3.8, 4) is 17.2 Å². The molecular formula is C25H31NO6. The molecule has 0 amide bonds. The van der Waals surface area contributed by atoms with Gasteiger partial charge in [0.15, 0.2) is 23.0 Å². The van der Waals surface area contributed by atoms with Crippen LogP contribution in [-0.2, 0) is 9.53 Å². The largest absolute Gasteiger partial charge is 0.503 e. The number of carbonyl (C=O) groups is 2. The first-order valence-corrected chi connectivity index (χ1v) is 11.1. The van der Waals surface area contributed by atoms with Gasteiger partial charge >= 0.3 is 5.97 Å². The molecule has 0 spiro atoms. The number of benzene rings is 1. The minimum absolute atomic E-state index is 0.114. The quantitative estimate of drug-likeness (QED) is 0.426. The Morgan fingerprint density at radius 1 is 1.12 bits per heavy atom. The summed E-state index contributed by atoms with van der Waals surface area (Å²) in [5, 5.41) is 10.2. The van der Waals surface area contributed by atoms with E-state index in [1.165, 1.54) is 19.4 Å². The van der Waals surface area contributed by atoms with Crippen LogP contribution < -0.4 is 9.47 Å². The van der Waals surface area contributed by atoms with Crippen LogP contribution in [-0.4, -0.2) is 41.2 Å². The average molecular weight is 442 g/mol. The van der Waals surface area contributed by atoms with Crippen LogP contribution in [0.3, 0.4) is 0 Å². The molecule has 1 aliphatic rings. The van der Waals surface area contributed by atoms with Crippen molar-refractivity contribution in [2.45, 2.75) is 58.2 Å². The number of methoxy groups -OCH3 is 1. The summed E-state index contributed by atoms with van der Waals surface area (Å²) in [5.74, 6) is -0.812. The highest BCUT2D eigenvalue weighted by Crippen LogP contribution is 2.33. The van der Waals surface area contributed by atoms with Crippen LogP contribution in [0.2, 0.25) is 0 Å². The summed E-state index contributed by atoms with van der Waals surface area (Å²) in [4.78, 5) is 29.5. The number of Topliss-reactive ketones (excluding diaryl/α,β-unsaturated/α-hetero) is 1. The molecular weight excluding hydrogens is 410 g/mol. The fourth-order valence-electron chi connectivity index (χ4n) is 4.16. The van der Waals surface area contributed by atoms with E-state index in [0.29, 0.717) is 0 Å². The molecule has 0 aliphatic heterocycles. The van der Waals surface area contributed by atoms with Gasteiger partial charge in [0.25, 0.3) is 0 Å². The number of rotatable bonds is 10. The van der Waals surface area contributed by atoms with Gasteiger partial charge < -0.3 is 19.3 Å². The Bertz CT molecular complexity index is 910. The number of aromatic nitrogens is 1. The number of aromatic hydroxyl groups is 1. The molecule has 0 radical (unpaired) electrons. The van der Waals surface area contributed by atoms with Gasteiger partial charge in [-0.15, -0.1) is 0 Å². The minimum atomic E-state index is -0.692. The molecule has 7 nitrogen and oxygen atoms in total. The molecule has 3 atom stereocenters. The Balaban J connectivity index is 1.66. The molecule has 2 aromatic rings. The standard InChI is InChI=1S/C25H31NO6/c1-16(15-20(27)22-23(28)21(30-3)13-14-26-22)25(29)32-24(18-9-7-8-10-18)17(2)31-19-11-5-4-6-12-19/h4-6,11-14,16-18,24,28H,7-10,15H2,1-3H3/t16-,17+,24+/m1/s1. The van der Waals surface area contributed by atoms with Gasteiger partial charge in [0, 0.05) is 18.7 Å². The number of pyridine rings is 1. The highest BCUT2D eigenvalue weighted by molar-refractivity contribution is 5.99. The van der Waals surface area contributed by atoms with Gasteiger partial charge in [-0.1, -0.05) is 38.0 Å². The van der Waals surface area contributed by atoms with Crippen LogP contribution in [0.15, 0.2) is 42.6 Å². The van der Waals surface area contributed by atoms with Gasteiger partial charge in [-0.05, 0) is 37.8 Å². The SMILES string of the molecule is COc1ccnc(C(=O)C[C@@H](C)C(=O)O[C@H](C2CCCC2)[C@H](C)Oc2ccccc2)c1O. The van der Waals surface area contributed by atoms with Crippen LogP contribution in [0.4, 0.5) is 0 Å². The Morgan fingerprint density at radius 2 is 1.81 bits per heavy atom. The van der Waals surface area contributed by atoms with Crippen molar-refractivity contribution < 1.29 is 28.9 Å². The molecule has 7 heteroatoms. The Kier molecular flexibility index (Phi) is 8.09. The predicted molar refractivity (Wildman–Crippen MR) is 119 cm³/mol. The fraction of sp³-hybridized carbons (Fsp3) is 0.480. The number of hydrogen-bond donors (Lipinski definition) is 1. The lowest BCUT2D eigenvalue weighted by molar-refractivity contribution is -0.161. The van der Waals surface area contributed by atoms with E-state index in [0.717, 1.165) is 31.4 Å². The maximum atomic E-state index is 12.9. The minimum Gasteiger partial charge on any atom is -0.503 e. The third-order valence-corrected chi connectivity index (χ3v) is 5.91. The van der Waals surface area contributed by atoms with Gasteiger partial charge in [0.05, 0.1) is 13.0 Å². The van der Waals surface area contributed by atoms with Gasteiger partial charge in [-0.2, -0.15) is 0 Å². The first kappa shape index (κ1) is 23.6. The highest BCUT2D eigenvalue weighted by atomic mass is 16.6. The number of nitrogens with zero attached hydrogens (tertiary/aromatic N) is 1. The molecule has 1 saturated carbocycles. The summed E-state index contributed by atoms with van der Waals surface area (Å²) >= 11 is 0. The van der Waals surface area contributed by atoms with Gasteiger partial charge in [-0.3, -0.25) is 9.59 Å². The molecule has 1 heterocycles. The van der Waals surface area contributed by atoms with Crippen molar-refractivity contribution in [2.24, 2.45) is 11.8 Å². The molecule has 3 rings (SSSR count). The van der Waals surface area contributed by atoms with Crippen LogP contribution in [0.5, 0.6) is 17.2 Å². The van der Waals surface area contributed by atoms with Crippen molar-refractivity contribution in [1.29, 1.82) is 0 Å². The number of ether oxygens (including phenoxy) is 3. The third kappa shape index (κ3) is 5.78. The number of esters is 1. The summed E-state index contributed by atoms with van der Waals surface area (Å²) in [5.41, 5.74) is -0.114. The second-order valence-electron chi connectivity index (χ2n) is 8.32. The second-order valence-corrected chi connectivity index (χ2v) is 8.32. The molecule has 0 saturated heterocycles. The highest BCUT2D eigenvalue weighted by Gasteiger charge is 2.35. The zero-order valence-electron chi connectivity index (χ0n) is 18.8. The van der Waals surface area contributed by atoms with E-state index >= 15 is 0 Å². The topological polar surface area (TPSA) is 95.0 Å². The fourth-order valence-corrected chi connectivity index (χ4v) is 4.16. The van der Waals surface area contributed by atoms with E-state index in [4.69, 9.17) is 14.2 Å². The van der Waals surface area contributed by atoms with E-state index < -0.39 is 23.8 Å². The van der Waals surface area contributed by atoms with Gasteiger partial charge in [0.1, 0.15) is 18.0 Å². The Labute approximate surface area is 188 Å². The van der Waals surface area contributed by atoms with Crippen molar-refractivity contribution in [3.63, 3.8) is 0 Å². The van der Waals surface area contributed by atoms with E-state index in [-0.39, 0.29) is 35.6 Å². The van der Waals surface area contributed by atoms with Crippen molar-refractivity contribution in [3.05, 3.63) is 48.3 Å². The predicted octanol–water partition coefficient (Wildman–Crippen LogP) is 4.57. The molecule has 1 aromatic heterocycles. The van der Waals surface area contributed by atoms with E-state index in [9.17, 15) is 14.7 Å². The molecule has 1 aromatic carbocycles. The maximum absolute atomic E-state index is 12.9. The summed E-state index contributed by atoms with van der Waals surface area (Å²) in [6.45, 7) is 3.56. The Morgan fingerprint density at radius 3 is 2.47 bits per heavy atom. The lowest BCUT2D eigenvalue weighted by Gasteiger charge is -2.30. The summed E-state index contributed by atoms with van der Waals surface area (Å²) in [6, 6.07) is 10.9. The zero-order chi connectivity index (χ0) is 23.1.